The first-order valence-corrected chi connectivity index (χ1v) is 12.5. The van der Waals surface area contributed by atoms with Crippen molar-refractivity contribution in [2.45, 2.75) is 59.2 Å². The van der Waals surface area contributed by atoms with Gasteiger partial charge >= 0.3 is 0 Å². The highest BCUT2D eigenvalue weighted by molar-refractivity contribution is 5.99. The first-order valence-electron chi connectivity index (χ1n) is 12.5. The standard InChI is InChI=1S/C28H34F2N4O4/c1-7-9-12-38-26-24-28(37)32(18(5)8-2)16-34(19(6)17(3)4)33(24)15-22(25(26)35)27(36)31-14-20-10-11-21(29)13-23(20)30/h8,10-11,13,15,18-19H,2-3,7,9,12,14,16H2,1,4-6H3,(H,31,36)/t18-,19?/m0/s1. The fourth-order valence-electron chi connectivity index (χ4n) is 3.96. The number of ether oxygens (including phenoxy) is 1. The molecule has 10 heteroatoms. The van der Waals surface area contributed by atoms with Crippen LogP contribution in [0.2, 0.25) is 0 Å². The molecule has 0 bridgehead atoms. The van der Waals surface area contributed by atoms with Crippen LogP contribution in [0.5, 0.6) is 5.75 Å². The van der Waals surface area contributed by atoms with E-state index in [1.165, 1.54) is 16.9 Å². The summed E-state index contributed by atoms with van der Waals surface area (Å²) in [7, 11) is 0. The van der Waals surface area contributed by atoms with E-state index in [-0.39, 0.29) is 54.5 Å². The number of hydrogen-bond donors (Lipinski definition) is 1. The molecule has 3 rings (SSSR count). The maximum atomic E-state index is 14.1. The number of nitrogens with zero attached hydrogens (tertiary/aromatic N) is 3. The summed E-state index contributed by atoms with van der Waals surface area (Å²) < 4.78 is 34.7. The lowest BCUT2D eigenvalue weighted by atomic mass is 10.1. The summed E-state index contributed by atoms with van der Waals surface area (Å²) in [5.41, 5.74) is -0.186. The molecule has 38 heavy (non-hydrogen) atoms. The van der Waals surface area contributed by atoms with Crippen LogP contribution in [-0.4, -0.2) is 46.7 Å². The Balaban J connectivity index is 2.13. The molecule has 0 fully saturated rings. The monoisotopic (exact) mass is 528 g/mol. The number of nitrogens with one attached hydrogen (secondary N) is 1. The number of fused-ring (bicyclic) bond motifs is 1. The van der Waals surface area contributed by atoms with Gasteiger partial charge in [-0.1, -0.05) is 37.6 Å². The van der Waals surface area contributed by atoms with Crippen LogP contribution in [0.3, 0.4) is 0 Å². The summed E-state index contributed by atoms with van der Waals surface area (Å²) in [5.74, 6) is -3.02. The molecular weight excluding hydrogens is 494 g/mol. The van der Waals surface area contributed by atoms with E-state index in [1.807, 2.05) is 32.7 Å². The van der Waals surface area contributed by atoms with Crippen LogP contribution in [0.25, 0.3) is 0 Å². The molecule has 1 aromatic carbocycles. The molecule has 1 unspecified atom stereocenters. The van der Waals surface area contributed by atoms with E-state index in [4.69, 9.17) is 4.74 Å². The van der Waals surface area contributed by atoms with Crippen LogP contribution < -0.4 is 20.5 Å². The molecule has 2 atom stereocenters. The average molecular weight is 529 g/mol. The van der Waals surface area contributed by atoms with Crippen molar-refractivity contribution in [3.63, 3.8) is 0 Å². The Hall–Kier alpha value is -3.95. The van der Waals surface area contributed by atoms with Crippen molar-refractivity contribution in [1.82, 2.24) is 14.9 Å². The zero-order chi connectivity index (χ0) is 28.1. The number of carbonyl (C=O) groups excluding carboxylic acids is 2. The highest BCUT2D eigenvalue weighted by Crippen LogP contribution is 2.26. The molecule has 1 aliphatic rings. The lowest BCUT2D eigenvalue weighted by Crippen LogP contribution is -2.59. The van der Waals surface area contributed by atoms with Crippen LogP contribution >= 0.6 is 0 Å². The van der Waals surface area contributed by atoms with Crippen LogP contribution in [-0.2, 0) is 6.54 Å². The number of hydrogen-bond acceptors (Lipinski definition) is 5. The summed E-state index contributed by atoms with van der Waals surface area (Å²) >= 11 is 0. The summed E-state index contributed by atoms with van der Waals surface area (Å²) in [5, 5.41) is 4.32. The van der Waals surface area contributed by atoms with Gasteiger partial charge in [-0.05, 0) is 33.3 Å². The number of pyridine rings is 1. The molecule has 0 spiro atoms. The summed E-state index contributed by atoms with van der Waals surface area (Å²) in [6.45, 7) is 15.4. The van der Waals surface area contributed by atoms with Gasteiger partial charge in [-0.2, -0.15) is 0 Å². The zero-order valence-corrected chi connectivity index (χ0v) is 22.2. The Kier molecular flexibility index (Phi) is 9.08. The number of rotatable bonds is 11. The lowest BCUT2D eigenvalue weighted by molar-refractivity contribution is 0.0640. The van der Waals surface area contributed by atoms with Crippen molar-refractivity contribution in [2.24, 2.45) is 0 Å². The number of benzene rings is 1. The Bertz CT molecular complexity index is 1310. The van der Waals surface area contributed by atoms with Gasteiger partial charge in [0.1, 0.15) is 23.9 Å². The minimum atomic E-state index is -0.820. The smallest absolute Gasteiger partial charge is 0.278 e. The van der Waals surface area contributed by atoms with Crippen molar-refractivity contribution in [1.29, 1.82) is 0 Å². The Morgan fingerprint density at radius 2 is 1.97 bits per heavy atom. The highest BCUT2D eigenvalue weighted by atomic mass is 19.1. The van der Waals surface area contributed by atoms with Gasteiger partial charge in [0.25, 0.3) is 11.8 Å². The van der Waals surface area contributed by atoms with Crippen molar-refractivity contribution in [2.75, 3.05) is 18.3 Å². The fraction of sp³-hybridized carbons (Fsp3) is 0.393. The highest BCUT2D eigenvalue weighted by Gasteiger charge is 2.38. The van der Waals surface area contributed by atoms with E-state index in [9.17, 15) is 23.2 Å². The fourth-order valence-corrected chi connectivity index (χ4v) is 3.96. The van der Waals surface area contributed by atoms with Gasteiger partial charge in [0.15, 0.2) is 11.4 Å². The van der Waals surface area contributed by atoms with Crippen molar-refractivity contribution in [3.05, 3.63) is 87.9 Å². The third-order valence-electron chi connectivity index (χ3n) is 6.62. The molecule has 2 amide bonds. The third-order valence-corrected chi connectivity index (χ3v) is 6.62. The molecule has 2 aromatic rings. The number of amides is 2. The Morgan fingerprint density at radius 3 is 2.58 bits per heavy atom. The summed E-state index contributed by atoms with van der Waals surface area (Å²) in [4.78, 5) is 41.9. The quantitative estimate of drug-likeness (QED) is 0.350. The predicted octanol–water partition coefficient (Wildman–Crippen LogP) is 4.13. The van der Waals surface area contributed by atoms with Crippen molar-refractivity contribution in [3.8, 4) is 5.75 Å². The maximum Gasteiger partial charge on any atom is 0.278 e. The van der Waals surface area contributed by atoms with Gasteiger partial charge < -0.3 is 15.0 Å². The second-order valence-corrected chi connectivity index (χ2v) is 9.37. The van der Waals surface area contributed by atoms with E-state index in [0.29, 0.717) is 12.5 Å². The van der Waals surface area contributed by atoms with Gasteiger partial charge in [-0.25, -0.2) is 8.78 Å². The van der Waals surface area contributed by atoms with Crippen LogP contribution in [0, 0.1) is 11.6 Å². The lowest BCUT2D eigenvalue weighted by Gasteiger charge is -2.44. The maximum absolute atomic E-state index is 14.1. The normalized spacial score (nSPS) is 14.5. The SMILES string of the molecule is C=C[C@H](C)N1CN(C(C)C(=C)C)n2cc(C(=O)NCc3ccc(F)cc3F)c(=O)c(OCCCC)c2C1=O. The minimum absolute atomic E-state index is 0.000261. The topological polar surface area (TPSA) is 83.9 Å². The van der Waals surface area contributed by atoms with E-state index in [0.717, 1.165) is 18.1 Å². The van der Waals surface area contributed by atoms with E-state index >= 15 is 0 Å². The van der Waals surface area contributed by atoms with Crippen LogP contribution in [0.1, 0.15) is 66.9 Å². The molecule has 2 heterocycles. The van der Waals surface area contributed by atoms with Gasteiger partial charge in [0.05, 0.1) is 12.6 Å². The minimum Gasteiger partial charge on any atom is -0.487 e. The Labute approximate surface area is 221 Å². The zero-order valence-electron chi connectivity index (χ0n) is 22.2. The van der Waals surface area contributed by atoms with Gasteiger partial charge in [-0.3, -0.25) is 24.1 Å². The average Bonchev–Trinajstić information content (AvgIpc) is 2.88. The van der Waals surface area contributed by atoms with Crippen molar-refractivity contribution < 1.29 is 23.1 Å². The molecule has 0 radical (unpaired) electrons. The van der Waals surface area contributed by atoms with E-state index < -0.39 is 28.9 Å². The van der Waals surface area contributed by atoms with Gasteiger partial charge in [-0.15, -0.1) is 6.58 Å². The summed E-state index contributed by atoms with van der Waals surface area (Å²) in [6, 6.07) is 2.39. The third kappa shape index (κ3) is 5.79. The molecule has 0 saturated carbocycles. The Morgan fingerprint density at radius 1 is 1.26 bits per heavy atom. The summed E-state index contributed by atoms with van der Waals surface area (Å²) in [6.07, 6.45) is 4.35. The molecule has 1 aromatic heterocycles. The molecule has 8 nitrogen and oxygen atoms in total. The first kappa shape index (κ1) is 28.6. The molecule has 0 aliphatic carbocycles. The van der Waals surface area contributed by atoms with E-state index in [2.05, 4.69) is 18.5 Å². The molecule has 1 N–H and O–H groups in total. The molecule has 204 valence electrons. The first-order chi connectivity index (χ1) is 18.0. The van der Waals surface area contributed by atoms with Crippen molar-refractivity contribution >= 4 is 11.8 Å². The second kappa shape index (κ2) is 12.1. The number of aromatic nitrogens is 1. The predicted molar refractivity (Wildman–Crippen MR) is 142 cm³/mol. The molecule has 0 saturated heterocycles. The largest absolute Gasteiger partial charge is 0.487 e. The molecule has 1 aliphatic heterocycles. The van der Waals surface area contributed by atoms with Crippen LogP contribution in [0.4, 0.5) is 8.78 Å². The van der Waals surface area contributed by atoms with Gasteiger partial charge in [0.2, 0.25) is 5.43 Å². The number of halogens is 2. The van der Waals surface area contributed by atoms with Crippen LogP contribution in [0.15, 0.2) is 54.0 Å². The van der Waals surface area contributed by atoms with E-state index in [1.54, 1.807) is 11.0 Å². The number of unbranched alkanes of at least 4 members (excludes halogenated alkanes) is 1. The number of carbonyl (C=O) groups is 2. The second-order valence-electron chi connectivity index (χ2n) is 9.37. The van der Waals surface area contributed by atoms with Gasteiger partial charge in [0, 0.05) is 30.4 Å². The molecular formula is C28H34F2N4O4.